The van der Waals surface area contributed by atoms with Crippen LogP contribution in [0, 0.1) is 6.92 Å². The van der Waals surface area contributed by atoms with E-state index in [1.807, 2.05) is 12.4 Å². The Kier molecular flexibility index (Phi) is 4.80. The highest BCUT2D eigenvalue weighted by Crippen LogP contribution is 2.24. The summed E-state index contributed by atoms with van der Waals surface area (Å²) in [5, 5.41) is 0. The fourth-order valence-electron chi connectivity index (χ4n) is 1.87. The number of amides is 1. The molecular weight excluding hydrogens is 286 g/mol. The molecular formula is C15H19N3O2S. The zero-order chi connectivity index (χ0) is 15.4. The largest absolute Gasteiger partial charge is 0.491 e. The van der Waals surface area contributed by atoms with Crippen molar-refractivity contribution in [2.75, 3.05) is 26.4 Å². The third kappa shape index (κ3) is 3.72. The molecule has 0 aliphatic heterocycles. The molecule has 1 aromatic carbocycles. The van der Waals surface area contributed by atoms with Gasteiger partial charge in [0.05, 0.1) is 23.5 Å². The van der Waals surface area contributed by atoms with Gasteiger partial charge in [0.25, 0.3) is 5.91 Å². The summed E-state index contributed by atoms with van der Waals surface area (Å²) in [6, 6.07) is 5.10. The normalized spacial score (nSPS) is 10.4. The quantitative estimate of drug-likeness (QED) is 0.861. The van der Waals surface area contributed by atoms with E-state index in [-0.39, 0.29) is 5.91 Å². The van der Waals surface area contributed by atoms with Gasteiger partial charge in [0, 0.05) is 31.0 Å². The maximum Gasteiger partial charge on any atom is 0.253 e. The number of hydrogen-bond acceptors (Lipinski definition) is 5. The maximum absolute atomic E-state index is 11.9. The molecule has 1 aromatic heterocycles. The van der Waals surface area contributed by atoms with Crippen LogP contribution in [0.2, 0.25) is 0 Å². The monoisotopic (exact) mass is 305 g/mol. The first-order chi connectivity index (χ1) is 9.99. The van der Waals surface area contributed by atoms with E-state index in [2.05, 4.69) is 4.98 Å². The topological polar surface area (TPSA) is 68.5 Å². The Labute approximate surface area is 128 Å². The number of nitrogen functional groups attached to an aromatic ring is 1. The summed E-state index contributed by atoms with van der Waals surface area (Å²) >= 11 is 1.62. The Morgan fingerprint density at radius 2 is 2.19 bits per heavy atom. The van der Waals surface area contributed by atoms with E-state index in [4.69, 9.17) is 10.5 Å². The highest BCUT2D eigenvalue weighted by molar-refractivity contribution is 7.09. The minimum atomic E-state index is -0.0712. The minimum absolute atomic E-state index is 0.0712. The Balaban J connectivity index is 2.04. The molecule has 0 bridgehead atoms. The van der Waals surface area contributed by atoms with Gasteiger partial charge in [-0.15, -0.1) is 11.3 Å². The average Bonchev–Trinajstić information content (AvgIpc) is 2.85. The van der Waals surface area contributed by atoms with Gasteiger partial charge in [0.15, 0.2) is 0 Å². The molecule has 0 saturated heterocycles. The van der Waals surface area contributed by atoms with Crippen LogP contribution in [-0.4, -0.2) is 36.5 Å². The van der Waals surface area contributed by atoms with Crippen molar-refractivity contribution in [1.29, 1.82) is 0 Å². The lowest BCUT2D eigenvalue weighted by atomic mass is 10.1. The third-order valence-electron chi connectivity index (χ3n) is 3.10. The third-order valence-corrected chi connectivity index (χ3v) is 4.09. The number of thiazole rings is 1. The molecule has 0 radical (unpaired) electrons. The molecule has 0 spiro atoms. The number of hydrogen-bond donors (Lipinski definition) is 1. The van der Waals surface area contributed by atoms with E-state index in [9.17, 15) is 4.79 Å². The molecule has 0 saturated carbocycles. The van der Waals surface area contributed by atoms with Crippen LogP contribution in [0.15, 0.2) is 23.7 Å². The van der Waals surface area contributed by atoms with Gasteiger partial charge >= 0.3 is 0 Å². The zero-order valence-electron chi connectivity index (χ0n) is 12.4. The van der Waals surface area contributed by atoms with Gasteiger partial charge in [0.2, 0.25) is 0 Å². The van der Waals surface area contributed by atoms with Crippen LogP contribution >= 0.6 is 11.3 Å². The number of ether oxygens (including phenoxy) is 1. The Bertz CT molecular complexity index is 638. The Morgan fingerprint density at radius 1 is 1.43 bits per heavy atom. The predicted octanol–water partition coefficient (Wildman–Crippen LogP) is 2.36. The first-order valence-electron chi connectivity index (χ1n) is 6.62. The lowest BCUT2D eigenvalue weighted by molar-refractivity contribution is 0.0827. The summed E-state index contributed by atoms with van der Waals surface area (Å²) in [5.41, 5.74) is 9.86. The van der Waals surface area contributed by atoms with Crippen molar-refractivity contribution in [1.82, 2.24) is 9.88 Å². The predicted molar refractivity (Wildman–Crippen MR) is 84.9 cm³/mol. The number of carbonyl (C=O) groups is 1. The molecule has 1 heterocycles. The van der Waals surface area contributed by atoms with Crippen molar-refractivity contribution in [2.24, 2.45) is 0 Å². The molecule has 0 fully saturated rings. The number of aryl methyl sites for hydroxylation is 1. The fourth-order valence-corrected chi connectivity index (χ4v) is 2.63. The highest BCUT2D eigenvalue weighted by Gasteiger charge is 2.11. The highest BCUT2D eigenvalue weighted by atomic mass is 32.1. The van der Waals surface area contributed by atoms with Crippen LogP contribution in [0.4, 0.5) is 5.69 Å². The number of anilines is 1. The smallest absolute Gasteiger partial charge is 0.253 e. The van der Waals surface area contributed by atoms with E-state index in [0.717, 1.165) is 12.1 Å². The molecule has 112 valence electrons. The van der Waals surface area contributed by atoms with Gasteiger partial charge in [-0.05, 0) is 25.1 Å². The summed E-state index contributed by atoms with van der Waals surface area (Å²) in [6.45, 7) is 2.49. The standard InChI is InChI=1S/C15H19N3O2S/c1-10-14(21-9-17-10)6-7-20-13-8-11(4-5-12(13)16)15(19)18(2)3/h4-5,8-9H,6-7,16H2,1-3H3. The van der Waals surface area contributed by atoms with Crippen molar-refractivity contribution < 1.29 is 9.53 Å². The van der Waals surface area contributed by atoms with Crippen molar-refractivity contribution in [3.63, 3.8) is 0 Å². The van der Waals surface area contributed by atoms with Crippen molar-refractivity contribution >= 4 is 22.9 Å². The van der Waals surface area contributed by atoms with Crippen molar-refractivity contribution in [2.45, 2.75) is 13.3 Å². The molecule has 6 heteroatoms. The number of aromatic nitrogens is 1. The Hall–Kier alpha value is -2.08. The summed E-state index contributed by atoms with van der Waals surface area (Å²) in [6.07, 6.45) is 0.780. The van der Waals surface area contributed by atoms with Crippen molar-refractivity contribution in [3.05, 3.63) is 39.8 Å². The van der Waals surface area contributed by atoms with Crippen LogP contribution in [-0.2, 0) is 6.42 Å². The van der Waals surface area contributed by atoms with Gasteiger partial charge in [0.1, 0.15) is 5.75 Å². The van der Waals surface area contributed by atoms with Crippen molar-refractivity contribution in [3.8, 4) is 5.75 Å². The van der Waals surface area contributed by atoms with Gasteiger partial charge in [-0.3, -0.25) is 4.79 Å². The van der Waals surface area contributed by atoms with Crippen LogP contribution in [0.3, 0.4) is 0 Å². The molecule has 1 amide bonds. The molecule has 2 N–H and O–H groups in total. The lowest BCUT2D eigenvalue weighted by Gasteiger charge is -2.13. The number of nitrogens with two attached hydrogens (primary N) is 1. The Morgan fingerprint density at radius 3 is 2.81 bits per heavy atom. The maximum atomic E-state index is 11.9. The average molecular weight is 305 g/mol. The summed E-state index contributed by atoms with van der Waals surface area (Å²) < 4.78 is 5.72. The molecule has 21 heavy (non-hydrogen) atoms. The first-order valence-corrected chi connectivity index (χ1v) is 7.50. The van der Waals surface area contributed by atoms with E-state index >= 15 is 0 Å². The second kappa shape index (κ2) is 6.58. The van der Waals surface area contributed by atoms with Crippen LogP contribution < -0.4 is 10.5 Å². The summed E-state index contributed by atoms with van der Waals surface area (Å²) in [7, 11) is 3.43. The van der Waals surface area contributed by atoms with E-state index < -0.39 is 0 Å². The number of benzene rings is 1. The number of nitrogens with zero attached hydrogens (tertiary/aromatic N) is 2. The van der Waals surface area contributed by atoms with Crippen LogP contribution in [0.25, 0.3) is 0 Å². The first kappa shape index (κ1) is 15.3. The van der Waals surface area contributed by atoms with Crippen LogP contribution in [0.1, 0.15) is 20.9 Å². The molecule has 2 rings (SSSR count). The minimum Gasteiger partial charge on any atom is -0.491 e. The molecule has 0 atom stereocenters. The lowest BCUT2D eigenvalue weighted by Crippen LogP contribution is -2.21. The second-order valence-electron chi connectivity index (χ2n) is 4.91. The summed E-state index contributed by atoms with van der Waals surface area (Å²) in [5.74, 6) is 0.475. The fraction of sp³-hybridized carbons (Fsp3) is 0.333. The molecule has 5 nitrogen and oxygen atoms in total. The van der Waals surface area contributed by atoms with E-state index in [1.165, 1.54) is 9.78 Å². The van der Waals surface area contributed by atoms with E-state index in [0.29, 0.717) is 23.6 Å². The summed E-state index contributed by atoms with van der Waals surface area (Å²) in [4.78, 5) is 18.9. The van der Waals surface area contributed by atoms with Gasteiger partial charge in [-0.1, -0.05) is 0 Å². The van der Waals surface area contributed by atoms with Gasteiger partial charge in [-0.2, -0.15) is 0 Å². The molecule has 0 unspecified atom stereocenters. The zero-order valence-corrected chi connectivity index (χ0v) is 13.2. The molecule has 0 aliphatic carbocycles. The molecule has 0 aliphatic rings. The second-order valence-corrected chi connectivity index (χ2v) is 5.85. The number of carbonyl (C=O) groups excluding carboxylic acids is 1. The van der Waals surface area contributed by atoms with Crippen LogP contribution in [0.5, 0.6) is 5.75 Å². The van der Waals surface area contributed by atoms with Gasteiger partial charge < -0.3 is 15.4 Å². The number of rotatable bonds is 5. The van der Waals surface area contributed by atoms with Gasteiger partial charge in [-0.25, -0.2) is 4.98 Å². The molecule has 2 aromatic rings. The SMILES string of the molecule is Cc1ncsc1CCOc1cc(C(=O)N(C)C)ccc1N. The van der Waals surface area contributed by atoms with E-state index in [1.54, 1.807) is 43.6 Å².